The van der Waals surface area contributed by atoms with Crippen molar-refractivity contribution in [3.05, 3.63) is 59.5 Å². The van der Waals surface area contributed by atoms with Crippen molar-refractivity contribution >= 4 is 11.8 Å². The molecular formula is C15H13F3N2O3. The van der Waals surface area contributed by atoms with Crippen LogP contribution in [0.3, 0.4) is 0 Å². The SMILES string of the molecule is O=C(NCCNC(=O)c1ccccc1C(F)(F)F)c1ccco1. The number of hydrogen-bond donors (Lipinski definition) is 2. The molecule has 0 radical (unpaired) electrons. The van der Waals surface area contributed by atoms with E-state index >= 15 is 0 Å². The number of furan rings is 1. The molecule has 0 saturated heterocycles. The molecule has 0 unspecified atom stereocenters. The second-order valence-electron chi connectivity index (χ2n) is 4.53. The first-order valence-electron chi connectivity index (χ1n) is 6.65. The van der Waals surface area contributed by atoms with Gasteiger partial charge in [0.2, 0.25) is 0 Å². The van der Waals surface area contributed by atoms with Crippen LogP contribution in [0.4, 0.5) is 13.2 Å². The number of benzene rings is 1. The van der Waals surface area contributed by atoms with Gasteiger partial charge in [-0.3, -0.25) is 9.59 Å². The van der Waals surface area contributed by atoms with E-state index in [1.165, 1.54) is 24.5 Å². The smallest absolute Gasteiger partial charge is 0.417 e. The Morgan fingerprint density at radius 2 is 1.61 bits per heavy atom. The topological polar surface area (TPSA) is 71.3 Å². The summed E-state index contributed by atoms with van der Waals surface area (Å²) in [6.07, 6.45) is -3.27. The molecule has 1 aromatic heterocycles. The van der Waals surface area contributed by atoms with Crippen molar-refractivity contribution in [1.29, 1.82) is 0 Å². The van der Waals surface area contributed by atoms with Crippen molar-refractivity contribution in [3.8, 4) is 0 Å². The minimum Gasteiger partial charge on any atom is -0.459 e. The molecule has 122 valence electrons. The summed E-state index contributed by atoms with van der Waals surface area (Å²) in [7, 11) is 0. The lowest BCUT2D eigenvalue weighted by molar-refractivity contribution is -0.137. The maximum absolute atomic E-state index is 12.8. The van der Waals surface area contributed by atoms with E-state index in [9.17, 15) is 22.8 Å². The van der Waals surface area contributed by atoms with Crippen LogP contribution in [0.25, 0.3) is 0 Å². The van der Waals surface area contributed by atoms with Crippen LogP contribution in [0.1, 0.15) is 26.5 Å². The Morgan fingerprint density at radius 1 is 0.957 bits per heavy atom. The first-order chi connectivity index (χ1) is 10.9. The molecule has 5 nitrogen and oxygen atoms in total. The maximum Gasteiger partial charge on any atom is 0.417 e. The molecule has 1 aromatic carbocycles. The molecule has 0 aliphatic heterocycles. The van der Waals surface area contributed by atoms with E-state index in [0.29, 0.717) is 0 Å². The molecule has 0 spiro atoms. The highest BCUT2D eigenvalue weighted by molar-refractivity contribution is 5.96. The van der Waals surface area contributed by atoms with Crippen LogP contribution < -0.4 is 10.6 Å². The van der Waals surface area contributed by atoms with Gasteiger partial charge in [0, 0.05) is 13.1 Å². The van der Waals surface area contributed by atoms with Gasteiger partial charge in [0.15, 0.2) is 5.76 Å². The first-order valence-corrected chi connectivity index (χ1v) is 6.65. The van der Waals surface area contributed by atoms with E-state index in [-0.39, 0.29) is 18.8 Å². The number of hydrogen-bond acceptors (Lipinski definition) is 3. The van der Waals surface area contributed by atoms with Crippen molar-refractivity contribution in [1.82, 2.24) is 10.6 Å². The quantitative estimate of drug-likeness (QED) is 0.829. The van der Waals surface area contributed by atoms with Crippen LogP contribution in [-0.4, -0.2) is 24.9 Å². The summed E-state index contributed by atoms with van der Waals surface area (Å²) in [6.45, 7) is 0.0386. The Bertz CT molecular complexity index is 682. The predicted octanol–water partition coefficient (Wildman–Crippen LogP) is 2.46. The standard InChI is InChI=1S/C15H13F3N2O3/c16-15(17,18)11-5-2-1-4-10(11)13(21)19-7-8-20-14(22)12-6-3-9-23-12/h1-6,9H,7-8H2,(H,19,21)(H,20,22). The van der Waals surface area contributed by atoms with E-state index < -0.39 is 29.1 Å². The van der Waals surface area contributed by atoms with Gasteiger partial charge in [-0.15, -0.1) is 0 Å². The highest BCUT2D eigenvalue weighted by atomic mass is 19.4. The minimum absolute atomic E-state index is 0.0164. The maximum atomic E-state index is 12.8. The van der Waals surface area contributed by atoms with E-state index in [1.54, 1.807) is 6.07 Å². The Balaban J connectivity index is 1.87. The Labute approximate surface area is 129 Å². The third kappa shape index (κ3) is 4.35. The van der Waals surface area contributed by atoms with Gasteiger partial charge in [-0.1, -0.05) is 12.1 Å². The number of nitrogens with one attached hydrogen (secondary N) is 2. The van der Waals surface area contributed by atoms with Crippen molar-refractivity contribution in [3.63, 3.8) is 0 Å². The molecule has 0 bridgehead atoms. The molecule has 1 heterocycles. The van der Waals surface area contributed by atoms with Gasteiger partial charge in [0.25, 0.3) is 11.8 Å². The number of rotatable bonds is 5. The highest BCUT2D eigenvalue weighted by Gasteiger charge is 2.34. The number of carbonyl (C=O) groups excluding carboxylic acids is 2. The second kappa shape index (κ2) is 6.99. The average Bonchev–Trinajstić information content (AvgIpc) is 3.04. The van der Waals surface area contributed by atoms with Gasteiger partial charge < -0.3 is 15.1 Å². The fraction of sp³-hybridized carbons (Fsp3) is 0.200. The molecule has 0 atom stereocenters. The number of amides is 2. The van der Waals surface area contributed by atoms with Crippen LogP contribution in [0.5, 0.6) is 0 Å². The lowest BCUT2D eigenvalue weighted by atomic mass is 10.1. The first kappa shape index (κ1) is 16.6. The fourth-order valence-corrected chi connectivity index (χ4v) is 1.87. The zero-order chi connectivity index (χ0) is 16.9. The van der Waals surface area contributed by atoms with E-state index in [0.717, 1.165) is 12.1 Å². The Morgan fingerprint density at radius 3 is 2.22 bits per heavy atom. The zero-order valence-electron chi connectivity index (χ0n) is 11.8. The van der Waals surface area contributed by atoms with Crippen LogP contribution in [-0.2, 0) is 6.18 Å². The highest BCUT2D eigenvalue weighted by Crippen LogP contribution is 2.31. The lowest BCUT2D eigenvalue weighted by Crippen LogP contribution is -2.35. The zero-order valence-corrected chi connectivity index (χ0v) is 11.8. The average molecular weight is 326 g/mol. The number of carbonyl (C=O) groups is 2. The molecule has 0 fully saturated rings. The molecular weight excluding hydrogens is 313 g/mol. The van der Waals surface area contributed by atoms with Crippen molar-refractivity contribution < 1.29 is 27.2 Å². The molecule has 2 amide bonds. The number of halogens is 3. The summed E-state index contributed by atoms with van der Waals surface area (Å²) in [4.78, 5) is 23.4. The third-order valence-corrected chi connectivity index (χ3v) is 2.92. The summed E-state index contributed by atoms with van der Waals surface area (Å²) >= 11 is 0. The molecule has 23 heavy (non-hydrogen) atoms. The van der Waals surface area contributed by atoms with Gasteiger partial charge in [0.1, 0.15) is 0 Å². The molecule has 2 N–H and O–H groups in total. The fourth-order valence-electron chi connectivity index (χ4n) is 1.87. The van der Waals surface area contributed by atoms with Crippen LogP contribution in [0, 0.1) is 0 Å². The van der Waals surface area contributed by atoms with E-state index in [4.69, 9.17) is 4.42 Å². The lowest BCUT2D eigenvalue weighted by Gasteiger charge is -2.12. The monoisotopic (exact) mass is 326 g/mol. The van der Waals surface area contributed by atoms with Gasteiger partial charge in [-0.25, -0.2) is 0 Å². The minimum atomic E-state index is -4.61. The van der Waals surface area contributed by atoms with Crippen LogP contribution in [0.15, 0.2) is 47.1 Å². The van der Waals surface area contributed by atoms with Gasteiger partial charge in [-0.2, -0.15) is 13.2 Å². The number of alkyl halides is 3. The summed E-state index contributed by atoms with van der Waals surface area (Å²) in [5.74, 6) is -1.22. The van der Waals surface area contributed by atoms with Gasteiger partial charge in [-0.05, 0) is 24.3 Å². The van der Waals surface area contributed by atoms with Crippen LogP contribution in [0.2, 0.25) is 0 Å². The molecule has 0 saturated carbocycles. The normalized spacial score (nSPS) is 11.1. The Hall–Kier alpha value is -2.77. The van der Waals surface area contributed by atoms with Gasteiger partial charge >= 0.3 is 6.18 Å². The van der Waals surface area contributed by atoms with Crippen molar-refractivity contribution in [2.24, 2.45) is 0 Å². The largest absolute Gasteiger partial charge is 0.459 e. The summed E-state index contributed by atoms with van der Waals surface area (Å²) in [6, 6.07) is 7.51. The van der Waals surface area contributed by atoms with Gasteiger partial charge in [0.05, 0.1) is 17.4 Å². The second-order valence-corrected chi connectivity index (χ2v) is 4.53. The third-order valence-electron chi connectivity index (χ3n) is 2.92. The molecule has 2 aromatic rings. The molecule has 0 aliphatic rings. The van der Waals surface area contributed by atoms with E-state index in [1.807, 2.05) is 0 Å². The van der Waals surface area contributed by atoms with Crippen molar-refractivity contribution in [2.45, 2.75) is 6.18 Å². The van der Waals surface area contributed by atoms with E-state index in [2.05, 4.69) is 10.6 Å². The summed E-state index contributed by atoms with van der Waals surface area (Å²) < 4.78 is 43.3. The molecule has 8 heteroatoms. The van der Waals surface area contributed by atoms with Crippen molar-refractivity contribution in [2.75, 3.05) is 13.1 Å². The molecule has 0 aliphatic carbocycles. The summed E-state index contributed by atoms with van der Waals surface area (Å²) in [5, 5.41) is 4.79. The summed E-state index contributed by atoms with van der Waals surface area (Å²) in [5.41, 5.74) is -1.46. The molecule has 2 rings (SSSR count). The predicted molar refractivity (Wildman–Crippen MR) is 74.8 cm³/mol. The Kier molecular flexibility index (Phi) is 5.05. The van der Waals surface area contributed by atoms with Crippen LogP contribution >= 0.6 is 0 Å².